The van der Waals surface area contributed by atoms with Crippen LogP contribution in [-0.2, 0) is 4.79 Å². The number of amides is 2. The second-order valence-corrected chi connectivity index (χ2v) is 3.08. The molecule has 4 nitrogen and oxygen atoms in total. The average Bonchev–Trinajstić information content (AvgIpc) is 2.16. The topological polar surface area (TPSA) is 63.4 Å². The van der Waals surface area contributed by atoms with E-state index in [9.17, 15) is 9.59 Å². The summed E-state index contributed by atoms with van der Waals surface area (Å²) in [6.45, 7) is 3.61. The second kappa shape index (κ2) is 4.02. The molecule has 0 unspecified atom stereocenters. The molecule has 0 aliphatic rings. The fourth-order valence-corrected chi connectivity index (χ4v) is 1.33. The van der Waals surface area contributed by atoms with Crippen LogP contribution in [0, 0.1) is 13.8 Å². The molecule has 14 heavy (non-hydrogen) atoms. The number of hydrogen-bond donors (Lipinski definition) is 1. The second-order valence-electron chi connectivity index (χ2n) is 3.08. The molecule has 0 spiro atoms. The monoisotopic (exact) mass is 192 g/mol. The van der Waals surface area contributed by atoms with Crippen molar-refractivity contribution in [1.29, 1.82) is 0 Å². The normalized spacial score (nSPS) is 9.64. The Bertz CT molecular complexity index is 354. The van der Waals surface area contributed by atoms with Gasteiger partial charge in [-0.25, -0.2) is 10.9 Å². The Morgan fingerprint density at radius 1 is 1.36 bits per heavy atom. The Hall–Kier alpha value is -1.68. The van der Waals surface area contributed by atoms with Gasteiger partial charge in [-0.15, -0.1) is 0 Å². The summed E-state index contributed by atoms with van der Waals surface area (Å²) in [6, 6.07) is 5.46. The van der Waals surface area contributed by atoms with Crippen molar-refractivity contribution >= 4 is 12.3 Å². The smallest absolute Gasteiger partial charge is 0.275 e. The van der Waals surface area contributed by atoms with E-state index in [0.29, 0.717) is 17.0 Å². The maximum absolute atomic E-state index is 11.6. The lowest BCUT2D eigenvalue weighted by molar-refractivity contribution is -0.116. The third-order valence-corrected chi connectivity index (χ3v) is 2.04. The third kappa shape index (κ3) is 1.80. The number of carbonyl (C=O) groups excluding carboxylic acids is 2. The van der Waals surface area contributed by atoms with E-state index in [0.717, 1.165) is 11.1 Å². The lowest BCUT2D eigenvalue weighted by Gasteiger charge is -2.12. The van der Waals surface area contributed by atoms with Crippen LogP contribution >= 0.6 is 0 Å². The van der Waals surface area contributed by atoms with Gasteiger partial charge in [0, 0.05) is 5.56 Å². The Labute approximate surface area is 82.3 Å². The number of carbonyl (C=O) groups is 2. The van der Waals surface area contributed by atoms with E-state index in [1.54, 1.807) is 26.0 Å². The van der Waals surface area contributed by atoms with Gasteiger partial charge in [0.25, 0.3) is 5.91 Å². The Kier molecular flexibility index (Phi) is 2.99. The number of nitrogens with zero attached hydrogens (tertiary/aromatic N) is 1. The largest absolute Gasteiger partial charge is 0.277 e. The van der Waals surface area contributed by atoms with Crippen LogP contribution in [0.2, 0.25) is 0 Å². The van der Waals surface area contributed by atoms with Gasteiger partial charge in [-0.05, 0) is 25.0 Å². The van der Waals surface area contributed by atoms with Gasteiger partial charge in [-0.2, -0.15) is 0 Å². The molecule has 0 saturated carbocycles. The van der Waals surface area contributed by atoms with Crippen LogP contribution in [0.4, 0.5) is 0 Å². The molecule has 0 heterocycles. The van der Waals surface area contributed by atoms with Crippen LogP contribution in [0.1, 0.15) is 21.5 Å². The van der Waals surface area contributed by atoms with Gasteiger partial charge in [0.2, 0.25) is 6.41 Å². The van der Waals surface area contributed by atoms with Gasteiger partial charge >= 0.3 is 0 Å². The van der Waals surface area contributed by atoms with Crippen LogP contribution in [0.15, 0.2) is 18.2 Å². The average molecular weight is 192 g/mol. The highest BCUT2D eigenvalue weighted by Gasteiger charge is 2.15. The minimum Gasteiger partial charge on any atom is -0.277 e. The third-order valence-electron chi connectivity index (χ3n) is 2.04. The quantitative estimate of drug-likeness (QED) is 0.326. The molecule has 0 saturated heterocycles. The molecule has 74 valence electrons. The molecule has 0 radical (unpaired) electrons. The van der Waals surface area contributed by atoms with E-state index in [1.165, 1.54) is 0 Å². The summed E-state index contributed by atoms with van der Waals surface area (Å²) in [5.41, 5.74) is 2.11. The number of nitrogens with two attached hydrogens (primary N) is 1. The van der Waals surface area contributed by atoms with Crippen LogP contribution in [0.25, 0.3) is 0 Å². The number of benzene rings is 1. The van der Waals surface area contributed by atoms with Crippen molar-refractivity contribution in [3.05, 3.63) is 34.9 Å². The molecule has 0 aliphatic heterocycles. The van der Waals surface area contributed by atoms with Crippen LogP contribution in [-0.4, -0.2) is 17.3 Å². The Morgan fingerprint density at radius 2 is 1.86 bits per heavy atom. The van der Waals surface area contributed by atoms with Crippen molar-refractivity contribution < 1.29 is 9.59 Å². The van der Waals surface area contributed by atoms with Crippen LogP contribution in [0.3, 0.4) is 0 Å². The summed E-state index contributed by atoms with van der Waals surface area (Å²) in [4.78, 5) is 21.9. The highest BCUT2D eigenvalue weighted by molar-refractivity contribution is 6.01. The summed E-state index contributed by atoms with van der Waals surface area (Å²) < 4.78 is 0. The molecule has 0 atom stereocenters. The minimum atomic E-state index is -0.476. The number of imide groups is 1. The van der Waals surface area contributed by atoms with Gasteiger partial charge in [0.05, 0.1) is 0 Å². The minimum absolute atomic E-state index is 0.300. The zero-order valence-electron chi connectivity index (χ0n) is 8.15. The zero-order valence-corrected chi connectivity index (χ0v) is 8.15. The highest BCUT2D eigenvalue weighted by Crippen LogP contribution is 2.14. The fraction of sp³-hybridized carbons (Fsp3) is 0.200. The standard InChI is InChI=1S/C10H12N2O2/c1-7-4-3-5-8(2)9(7)10(14)12(11)6-13/h3-6H,11H2,1-2H3. The predicted octanol–water partition coefficient (Wildman–Crippen LogP) is 0.776. The predicted molar refractivity (Wildman–Crippen MR) is 52.3 cm³/mol. The van der Waals surface area contributed by atoms with Crippen LogP contribution < -0.4 is 5.84 Å². The first-order chi connectivity index (χ1) is 6.57. The summed E-state index contributed by atoms with van der Waals surface area (Å²) in [5, 5.41) is 0.551. The highest BCUT2D eigenvalue weighted by atomic mass is 16.2. The van der Waals surface area contributed by atoms with Crippen molar-refractivity contribution in [2.75, 3.05) is 0 Å². The maximum atomic E-state index is 11.6. The van der Waals surface area contributed by atoms with E-state index in [4.69, 9.17) is 5.84 Å². The first-order valence-electron chi connectivity index (χ1n) is 4.17. The Balaban J connectivity index is 3.18. The van der Waals surface area contributed by atoms with E-state index in [1.807, 2.05) is 6.07 Å². The molecule has 2 amide bonds. The summed E-state index contributed by atoms with van der Waals surface area (Å²) in [6.07, 6.45) is 0.300. The van der Waals surface area contributed by atoms with E-state index >= 15 is 0 Å². The molecule has 0 aromatic heterocycles. The molecule has 0 aliphatic carbocycles. The van der Waals surface area contributed by atoms with Crippen molar-refractivity contribution in [1.82, 2.24) is 5.01 Å². The van der Waals surface area contributed by atoms with Gasteiger partial charge in [0.1, 0.15) is 0 Å². The number of hydrogen-bond acceptors (Lipinski definition) is 3. The lowest BCUT2D eigenvalue weighted by atomic mass is 10.0. The molecule has 0 fully saturated rings. The number of rotatable bonds is 2. The molecular formula is C10H12N2O2. The van der Waals surface area contributed by atoms with E-state index in [-0.39, 0.29) is 0 Å². The summed E-state index contributed by atoms with van der Waals surface area (Å²) in [5.74, 6) is 4.73. The van der Waals surface area contributed by atoms with E-state index < -0.39 is 5.91 Å². The van der Waals surface area contributed by atoms with Crippen molar-refractivity contribution in [2.45, 2.75) is 13.8 Å². The molecule has 4 heteroatoms. The summed E-state index contributed by atoms with van der Waals surface area (Å²) in [7, 11) is 0. The van der Waals surface area contributed by atoms with Crippen LogP contribution in [0.5, 0.6) is 0 Å². The summed E-state index contributed by atoms with van der Waals surface area (Å²) >= 11 is 0. The molecule has 1 aromatic carbocycles. The molecule has 0 bridgehead atoms. The zero-order chi connectivity index (χ0) is 10.7. The fourth-order valence-electron chi connectivity index (χ4n) is 1.33. The maximum Gasteiger partial charge on any atom is 0.275 e. The SMILES string of the molecule is Cc1cccc(C)c1C(=O)N(N)C=O. The van der Waals surface area contributed by atoms with E-state index in [2.05, 4.69) is 0 Å². The first-order valence-corrected chi connectivity index (χ1v) is 4.17. The first kappa shape index (κ1) is 10.4. The Morgan fingerprint density at radius 3 is 2.29 bits per heavy atom. The lowest BCUT2D eigenvalue weighted by Crippen LogP contribution is -2.36. The van der Waals surface area contributed by atoms with Gasteiger partial charge in [-0.1, -0.05) is 18.2 Å². The number of hydrazine groups is 1. The molecular weight excluding hydrogens is 180 g/mol. The molecule has 1 rings (SSSR count). The molecule has 2 N–H and O–H groups in total. The van der Waals surface area contributed by atoms with Gasteiger partial charge in [-0.3, -0.25) is 9.59 Å². The number of aryl methyl sites for hydroxylation is 2. The molecule has 1 aromatic rings. The van der Waals surface area contributed by atoms with Crippen molar-refractivity contribution in [3.8, 4) is 0 Å². The van der Waals surface area contributed by atoms with Crippen molar-refractivity contribution in [3.63, 3.8) is 0 Å². The van der Waals surface area contributed by atoms with Gasteiger partial charge in [0.15, 0.2) is 0 Å². The van der Waals surface area contributed by atoms with Gasteiger partial charge < -0.3 is 0 Å². The van der Waals surface area contributed by atoms with Crippen molar-refractivity contribution in [2.24, 2.45) is 5.84 Å².